The zero-order valence-electron chi connectivity index (χ0n) is 18.4. The summed E-state index contributed by atoms with van der Waals surface area (Å²) in [7, 11) is 1.44. The zero-order valence-corrected chi connectivity index (χ0v) is 20.0. The molecule has 0 radical (unpaired) electrons. The van der Waals surface area contributed by atoms with E-state index in [1.54, 1.807) is 6.26 Å². The number of carboxylic acid groups (broad SMARTS) is 1. The van der Waals surface area contributed by atoms with Crippen molar-refractivity contribution in [3.05, 3.63) is 75.7 Å². The van der Waals surface area contributed by atoms with Crippen molar-refractivity contribution >= 4 is 29.3 Å². The molecule has 1 aromatic heterocycles. The molecule has 3 aromatic rings. The van der Waals surface area contributed by atoms with Crippen LogP contribution in [0.2, 0.25) is 5.02 Å². The first-order chi connectivity index (χ1) is 16.7. The van der Waals surface area contributed by atoms with Crippen molar-refractivity contribution in [3.63, 3.8) is 0 Å². The molecule has 0 saturated heterocycles. The Bertz CT molecular complexity index is 1200. The summed E-state index contributed by atoms with van der Waals surface area (Å²) in [5.41, 5.74) is -2.19. The molecule has 36 heavy (non-hydrogen) atoms. The molecule has 0 unspecified atom stereocenters. The number of rotatable bonds is 5. The summed E-state index contributed by atoms with van der Waals surface area (Å²) in [4.78, 5) is 19.2. The summed E-state index contributed by atoms with van der Waals surface area (Å²) >= 11 is 7.21. The van der Waals surface area contributed by atoms with Crippen LogP contribution in [0, 0.1) is 5.82 Å². The smallest absolute Gasteiger partial charge is 0.416 e. The number of hydrogen-bond donors (Lipinski definition) is 2. The maximum absolute atomic E-state index is 13.0. The fourth-order valence-corrected chi connectivity index (χ4v) is 3.43. The van der Waals surface area contributed by atoms with Crippen molar-refractivity contribution < 1.29 is 40.6 Å². The van der Waals surface area contributed by atoms with Gasteiger partial charge >= 0.3 is 18.3 Å². The third kappa shape index (κ3) is 7.80. The van der Waals surface area contributed by atoms with Gasteiger partial charge in [0.25, 0.3) is 0 Å². The molecule has 1 heterocycles. The van der Waals surface area contributed by atoms with Crippen LogP contribution in [0.1, 0.15) is 27.0 Å². The summed E-state index contributed by atoms with van der Waals surface area (Å²) in [6, 6.07) is 5.23. The first kappa shape index (κ1) is 29.3. The van der Waals surface area contributed by atoms with E-state index < -0.39 is 35.3 Å². The van der Waals surface area contributed by atoms with E-state index in [1.165, 1.54) is 37.1 Å². The molecule has 0 aliphatic carbocycles. The van der Waals surface area contributed by atoms with Crippen molar-refractivity contribution in [2.45, 2.75) is 24.1 Å². The van der Waals surface area contributed by atoms with E-state index in [0.29, 0.717) is 22.9 Å². The van der Waals surface area contributed by atoms with E-state index in [4.69, 9.17) is 16.7 Å². The summed E-state index contributed by atoms with van der Waals surface area (Å²) in [6.07, 6.45) is -6.59. The van der Waals surface area contributed by atoms with Gasteiger partial charge < -0.3 is 10.4 Å². The Kier molecular flexibility index (Phi) is 9.69. The van der Waals surface area contributed by atoms with Gasteiger partial charge in [-0.1, -0.05) is 23.4 Å². The minimum Gasteiger partial charge on any atom is -0.478 e. The summed E-state index contributed by atoms with van der Waals surface area (Å²) in [6.45, 7) is -0.0625. The van der Waals surface area contributed by atoms with Gasteiger partial charge in [-0.3, -0.25) is 0 Å². The van der Waals surface area contributed by atoms with Crippen molar-refractivity contribution in [1.82, 2.24) is 15.3 Å². The standard InChI is InChI=1S/C12H8ClFN2O2S.C10H9F6N/c1-19-12-15-5-8(11(17)18)10(16-12)7-3-2-6(14)4-9(7)13;1-17-5-6-2-7(9(11,12)13)4-8(3-6)10(14,15)16/h2-5H,1H3,(H,17,18);2-4,17H,5H2,1H3. The zero-order chi connectivity index (χ0) is 27.3. The Morgan fingerprint density at radius 1 is 1.06 bits per heavy atom. The Labute approximate surface area is 209 Å². The van der Waals surface area contributed by atoms with E-state index in [1.807, 2.05) is 0 Å². The normalized spacial score (nSPS) is 11.6. The SMILES string of the molecule is CNCc1cc(C(F)(F)F)cc(C(F)(F)F)c1.CSc1ncc(C(=O)O)c(-c2ccc(F)cc2Cl)n1. The van der Waals surface area contributed by atoms with Gasteiger partial charge in [0.1, 0.15) is 11.4 Å². The first-order valence-corrected chi connectivity index (χ1v) is 11.3. The van der Waals surface area contributed by atoms with Gasteiger partial charge in [-0.25, -0.2) is 19.2 Å². The van der Waals surface area contributed by atoms with Crippen LogP contribution in [-0.2, 0) is 18.9 Å². The highest BCUT2D eigenvalue weighted by molar-refractivity contribution is 7.98. The van der Waals surface area contributed by atoms with Crippen LogP contribution < -0.4 is 5.32 Å². The van der Waals surface area contributed by atoms with E-state index >= 15 is 0 Å². The molecule has 5 nitrogen and oxygen atoms in total. The third-order valence-corrected chi connectivity index (χ3v) is 5.27. The lowest BCUT2D eigenvalue weighted by atomic mass is 10.0. The third-order valence-electron chi connectivity index (χ3n) is 4.39. The molecule has 0 bridgehead atoms. The molecule has 2 aromatic carbocycles. The second-order valence-corrected chi connectivity index (χ2v) is 8.17. The van der Waals surface area contributed by atoms with Crippen LogP contribution in [0.15, 0.2) is 47.8 Å². The minimum absolute atomic E-state index is 0.0605. The number of halogens is 8. The van der Waals surface area contributed by atoms with E-state index in [2.05, 4.69) is 15.3 Å². The number of aromatic carboxylic acids is 1. The molecule has 0 atom stereocenters. The van der Waals surface area contributed by atoms with Gasteiger partial charge in [0, 0.05) is 18.3 Å². The highest BCUT2D eigenvalue weighted by Crippen LogP contribution is 2.36. The Morgan fingerprint density at radius 3 is 2.08 bits per heavy atom. The second-order valence-electron chi connectivity index (χ2n) is 6.99. The Morgan fingerprint density at radius 2 is 1.64 bits per heavy atom. The number of carboxylic acids is 1. The number of hydrogen-bond acceptors (Lipinski definition) is 5. The fourth-order valence-electron chi connectivity index (χ4n) is 2.83. The number of nitrogens with zero attached hydrogens (tertiary/aromatic N) is 2. The lowest BCUT2D eigenvalue weighted by Crippen LogP contribution is -2.14. The molecule has 2 N–H and O–H groups in total. The van der Waals surface area contributed by atoms with E-state index in [-0.39, 0.29) is 34.5 Å². The number of benzene rings is 2. The van der Waals surface area contributed by atoms with Gasteiger partial charge in [-0.2, -0.15) is 26.3 Å². The number of aromatic nitrogens is 2. The topological polar surface area (TPSA) is 75.1 Å². The van der Waals surface area contributed by atoms with Crippen LogP contribution in [-0.4, -0.2) is 34.3 Å². The lowest BCUT2D eigenvalue weighted by molar-refractivity contribution is -0.143. The molecule has 0 saturated carbocycles. The van der Waals surface area contributed by atoms with Crippen LogP contribution in [0.4, 0.5) is 30.7 Å². The molecule has 0 fully saturated rings. The number of alkyl halides is 6. The molecule has 0 spiro atoms. The van der Waals surface area contributed by atoms with Gasteiger partial charge in [0.05, 0.1) is 21.8 Å². The molecule has 3 rings (SSSR count). The Hall–Kier alpha value is -2.90. The monoisotopic (exact) mass is 555 g/mol. The van der Waals surface area contributed by atoms with Crippen LogP contribution in [0.5, 0.6) is 0 Å². The predicted octanol–water partition coefficient (Wildman–Crippen LogP) is 6.80. The molecule has 0 amide bonds. The highest BCUT2D eigenvalue weighted by Gasteiger charge is 2.36. The van der Waals surface area contributed by atoms with Crippen LogP contribution in [0.3, 0.4) is 0 Å². The van der Waals surface area contributed by atoms with Crippen LogP contribution >= 0.6 is 23.4 Å². The maximum Gasteiger partial charge on any atom is 0.416 e. The number of thioether (sulfide) groups is 1. The summed E-state index contributed by atoms with van der Waals surface area (Å²) in [5.74, 6) is -1.66. The van der Waals surface area contributed by atoms with Crippen LogP contribution in [0.25, 0.3) is 11.3 Å². The number of carbonyl (C=O) groups is 1. The molecule has 14 heteroatoms. The maximum atomic E-state index is 13.0. The molecule has 194 valence electrons. The van der Waals surface area contributed by atoms with Gasteiger partial charge in [-0.15, -0.1) is 0 Å². The molecular weight excluding hydrogens is 539 g/mol. The molecule has 0 aliphatic heterocycles. The highest BCUT2D eigenvalue weighted by atomic mass is 35.5. The van der Waals surface area contributed by atoms with Gasteiger partial charge in [0.15, 0.2) is 5.16 Å². The Balaban J connectivity index is 0.000000255. The largest absolute Gasteiger partial charge is 0.478 e. The number of nitrogens with one attached hydrogen (secondary N) is 1. The van der Waals surface area contributed by atoms with Gasteiger partial charge in [-0.05, 0) is 55.3 Å². The van der Waals surface area contributed by atoms with Crippen molar-refractivity contribution in [2.24, 2.45) is 0 Å². The van der Waals surface area contributed by atoms with Crippen molar-refractivity contribution in [1.29, 1.82) is 0 Å². The van der Waals surface area contributed by atoms with E-state index in [0.717, 1.165) is 6.07 Å². The molecule has 0 aliphatic rings. The minimum atomic E-state index is -4.79. The summed E-state index contributed by atoms with van der Waals surface area (Å²) in [5, 5.41) is 12.2. The predicted molar refractivity (Wildman–Crippen MR) is 120 cm³/mol. The quantitative estimate of drug-likeness (QED) is 0.205. The average molecular weight is 556 g/mol. The molecular formula is C22H17ClF7N3O2S. The lowest BCUT2D eigenvalue weighted by Gasteiger charge is -2.13. The van der Waals surface area contributed by atoms with E-state index in [9.17, 15) is 35.5 Å². The van der Waals surface area contributed by atoms with Crippen molar-refractivity contribution in [2.75, 3.05) is 13.3 Å². The average Bonchev–Trinajstić information content (AvgIpc) is 2.78. The van der Waals surface area contributed by atoms with Gasteiger partial charge in [0.2, 0.25) is 0 Å². The first-order valence-electron chi connectivity index (χ1n) is 9.70. The second kappa shape index (κ2) is 11.9. The van der Waals surface area contributed by atoms with Crippen molar-refractivity contribution in [3.8, 4) is 11.3 Å². The fraction of sp³-hybridized carbons (Fsp3) is 0.227. The summed E-state index contributed by atoms with van der Waals surface area (Å²) < 4.78 is 87.4.